The molecule has 1 aromatic rings. The van der Waals surface area contributed by atoms with Crippen molar-refractivity contribution in [3.05, 3.63) is 34.7 Å². The lowest BCUT2D eigenvalue weighted by atomic mass is 10.1. The average molecular weight is 188 g/mol. The second-order valence-corrected chi connectivity index (χ2v) is 2.86. The molecule has 0 saturated carbocycles. The van der Waals surface area contributed by atoms with E-state index in [1.807, 2.05) is 18.2 Å². The number of Topliss-reactive ketones (excluding diaryl/α,β-unsaturated/α-hetero) is 1. The average Bonchev–Trinajstić information content (AvgIpc) is 2.27. The molecule has 0 aliphatic carbocycles. The van der Waals surface area contributed by atoms with Crippen LogP contribution in [0, 0.1) is 0 Å². The van der Waals surface area contributed by atoms with Crippen molar-refractivity contribution in [3.8, 4) is 0 Å². The monoisotopic (exact) mass is 188 g/mol. The fourth-order valence-corrected chi connectivity index (χ4v) is 1.36. The maximum absolute atomic E-state index is 11.2. The molecule has 0 bridgehead atoms. The van der Waals surface area contributed by atoms with Crippen LogP contribution in [0.15, 0.2) is 24.3 Å². The van der Waals surface area contributed by atoms with Gasteiger partial charge in [0, 0.05) is 16.6 Å². The Hall–Kier alpha value is -2.10. The first kappa shape index (κ1) is 8.50. The van der Waals surface area contributed by atoms with Crippen LogP contribution in [0.2, 0.25) is 0 Å². The fraction of sp³-hybridized carbons (Fsp3) is 0. The quantitative estimate of drug-likeness (QED) is 0.434. The molecule has 70 valence electrons. The maximum Gasteiger partial charge on any atom is 0.243 e. The fourth-order valence-electron chi connectivity index (χ4n) is 1.36. The predicted octanol–water partition coefficient (Wildman–Crippen LogP) is -1.59. The Bertz CT molecular complexity index is 505. The zero-order chi connectivity index (χ0) is 9.97. The Morgan fingerprint density at radius 1 is 1.29 bits per heavy atom. The van der Waals surface area contributed by atoms with Crippen LogP contribution < -0.4 is 21.3 Å². The number of carbonyl (C=O) groups is 2. The molecule has 0 saturated heterocycles. The van der Waals surface area contributed by atoms with Gasteiger partial charge in [0.25, 0.3) is 0 Å². The number of hydrazine groups is 1. The van der Waals surface area contributed by atoms with Gasteiger partial charge in [0.05, 0.1) is 0 Å². The van der Waals surface area contributed by atoms with Gasteiger partial charge in [-0.2, -0.15) is 0 Å². The molecule has 4 heteroatoms. The Morgan fingerprint density at radius 3 is 2.86 bits per heavy atom. The van der Waals surface area contributed by atoms with Crippen LogP contribution in [0.4, 0.5) is 0 Å². The van der Waals surface area contributed by atoms with Crippen LogP contribution in [0.5, 0.6) is 0 Å². The lowest BCUT2D eigenvalue weighted by molar-refractivity contribution is -0.126. The molecule has 1 aliphatic heterocycles. The van der Waals surface area contributed by atoms with Gasteiger partial charge in [-0.05, 0) is 0 Å². The molecular weight excluding hydrogens is 180 g/mol. The molecule has 1 aromatic carbocycles. The highest BCUT2D eigenvalue weighted by Gasteiger charge is 2.10. The van der Waals surface area contributed by atoms with E-state index >= 15 is 0 Å². The Labute approximate surface area is 79.9 Å². The van der Waals surface area contributed by atoms with Crippen molar-refractivity contribution in [2.75, 3.05) is 0 Å². The van der Waals surface area contributed by atoms with E-state index in [4.69, 9.17) is 0 Å². The summed E-state index contributed by atoms with van der Waals surface area (Å²) in [5.74, 6) is -0.557. The largest absolute Gasteiger partial charge is 0.307 e. The minimum absolute atomic E-state index is 0.290. The summed E-state index contributed by atoms with van der Waals surface area (Å²) in [6, 6.07) is 7.33. The summed E-state index contributed by atoms with van der Waals surface area (Å²) in [7, 11) is 0. The van der Waals surface area contributed by atoms with Crippen LogP contribution in [-0.2, 0) is 9.59 Å². The first-order chi connectivity index (χ1) is 6.83. The van der Waals surface area contributed by atoms with Gasteiger partial charge in [-0.1, -0.05) is 24.3 Å². The minimum Gasteiger partial charge on any atom is -0.307 e. The summed E-state index contributed by atoms with van der Waals surface area (Å²) in [4.78, 5) is 21.6. The van der Waals surface area contributed by atoms with Gasteiger partial charge in [0.1, 0.15) is 5.70 Å². The topological polar surface area (TPSA) is 58.2 Å². The normalized spacial score (nSPS) is 13.0. The third-order valence-corrected chi connectivity index (χ3v) is 2.01. The summed E-state index contributed by atoms with van der Waals surface area (Å²) >= 11 is 0. The van der Waals surface area contributed by atoms with Crippen LogP contribution in [0.3, 0.4) is 0 Å². The van der Waals surface area contributed by atoms with Gasteiger partial charge in [-0.15, -0.1) is 0 Å². The highest BCUT2D eigenvalue weighted by molar-refractivity contribution is 6.43. The van der Waals surface area contributed by atoms with Crippen LogP contribution in [-0.4, -0.2) is 12.1 Å². The number of fused-ring (bicyclic) bond motifs is 1. The van der Waals surface area contributed by atoms with E-state index in [9.17, 15) is 9.59 Å². The summed E-state index contributed by atoms with van der Waals surface area (Å²) in [5.41, 5.74) is 5.66. The van der Waals surface area contributed by atoms with Gasteiger partial charge in [-0.3, -0.25) is 15.0 Å². The third kappa shape index (κ3) is 1.26. The first-order valence-corrected chi connectivity index (χ1v) is 4.13. The molecule has 0 unspecified atom stereocenters. The molecule has 1 aliphatic rings. The molecule has 0 aromatic heterocycles. The lowest BCUT2D eigenvalue weighted by Gasteiger charge is -2.11. The zero-order valence-electron chi connectivity index (χ0n) is 7.28. The third-order valence-electron chi connectivity index (χ3n) is 2.01. The standard InChI is InChI=1S/C10H8N2O2/c13-6-9(14)10-8-4-2-1-3-7(8)5-11-12-10/h1-6,11-12H. The second-order valence-electron chi connectivity index (χ2n) is 2.86. The molecule has 4 nitrogen and oxygen atoms in total. The number of carbonyl (C=O) groups excluding carboxylic acids is 2. The van der Waals surface area contributed by atoms with Gasteiger partial charge >= 0.3 is 0 Å². The summed E-state index contributed by atoms with van der Waals surface area (Å²) in [6.07, 6.45) is 2.03. The van der Waals surface area contributed by atoms with Crippen molar-refractivity contribution in [1.29, 1.82) is 0 Å². The Balaban J connectivity index is 2.77. The second kappa shape index (κ2) is 3.33. The highest BCUT2D eigenvalue weighted by atomic mass is 16.2. The number of aldehydes is 1. The van der Waals surface area contributed by atoms with Gasteiger partial charge in [0.15, 0.2) is 6.29 Å². The molecule has 0 fully saturated rings. The molecular formula is C10H8N2O2. The van der Waals surface area contributed by atoms with E-state index in [1.165, 1.54) is 0 Å². The van der Waals surface area contributed by atoms with E-state index in [2.05, 4.69) is 10.9 Å². The molecule has 0 atom stereocenters. The number of benzene rings is 1. The SMILES string of the molecule is O=CC(=O)C1=c2ccccc2=CNN1. The Kier molecular flexibility index (Phi) is 2.02. The van der Waals surface area contributed by atoms with Crippen molar-refractivity contribution in [2.45, 2.75) is 0 Å². The molecule has 0 radical (unpaired) electrons. The number of ketones is 1. The summed E-state index contributed by atoms with van der Waals surface area (Å²) < 4.78 is 0. The Morgan fingerprint density at radius 2 is 2.07 bits per heavy atom. The molecule has 0 spiro atoms. The predicted molar refractivity (Wildman–Crippen MR) is 50.9 cm³/mol. The molecule has 1 heterocycles. The van der Waals surface area contributed by atoms with Crippen molar-refractivity contribution in [2.24, 2.45) is 0 Å². The van der Waals surface area contributed by atoms with E-state index < -0.39 is 5.78 Å². The number of nitrogens with one attached hydrogen (secondary N) is 2. The van der Waals surface area contributed by atoms with Crippen molar-refractivity contribution in [3.63, 3.8) is 0 Å². The number of rotatable bonds is 2. The molecule has 2 N–H and O–H groups in total. The van der Waals surface area contributed by atoms with E-state index in [-0.39, 0.29) is 5.70 Å². The van der Waals surface area contributed by atoms with Crippen LogP contribution in [0.25, 0.3) is 11.9 Å². The summed E-state index contributed by atoms with van der Waals surface area (Å²) in [5, 5.41) is 1.62. The lowest BCUT2D eigenvalue weighted by Crippen LogP contribution is -2.45. The highest BCUT2D eigenvalue weighted by Crippen LogP contribution is 1.87. The molecule has 14 heavy (non-hydrogen) atoms. The van der Waals surface area contributed by atoms with Gasteiger partial charge in [0.2, 0.25) is 5.78 Å². The van der Waals surface area contributed by atoms with E-state index in [0.717, 1.165) is 10.4 Å². The summed E-state index contributed by atoms with van der Waals surface area (Å²) in [6.45, 7) is 0. The molecule has 0 amide bonds. The number of hydrogen-bond acceptors (Lipinski definition) is 4. The van der Waals surface area contributed by atoms with E-state index in [0.29, 0.717) is 6.29 Å². The molecule has 2 rings (SSSR count). The smallest absolute Gasteiger partial charge is 0.243 e. The van der Waals surface area contributed by atoms with Gasteiger partial charge in [-0.25, -0.2) is 0 Å². The zero-order valence-corrected chi connectivity index (χ0v) is 7.28. The van der Waals surface area contributed by atoms with E-state index in [1.54, 1.807) is 12.3 Å². The van der Waals surface area contributed by atoms with Crippen molar-refractivity contribution in [1.82, 2.24) is 10.9 Å². The first-order valence-electron chi connectivity index (χ1n) is 4.13. The van der Waals surface area contributed by atoms with Crippen LogP contribution in [0.1, 0.15) is 0 Å². The van der Waals surface area contributed by atoms with Crippen molar-refractivity contribution < 1.29 is 9.59 Å². The number of hydrogen-bond donors (Lipinski definition) is 2. The van der Waals surface area contributed by atoms with Gasteiger partial charge < -0.3 is 5.43 Å². The maximum atomic E-state index is 11.2. The minimum atomic E-state index is -0.557. The van der Waals surface area contributed by atoms with Crippen LogP contribution >= 0.6 is 0 Å². The van der Waals surface area contributed by atoms with Crippen molar-refractivity contribution >= 4 is 24.0 Å².